The van der Waals surface area contributed by atoms with E-state index in [0.29, 0.717) is 38.9 Å². The van der Waals surface area contributed by atoms with Crippen molar-refractivity contribution in [3.8, 4) is 22.6 Å². The van der Waals surface area contributed by atoms with Gasteiger partial charge in [0.2, 0.25) is 0 Å². The molecule has 35 heavy (non-hydrogen) atoms. The molecule has 5 rings (SSSR count). The summed E-state index contributed by atoms with van der Waals surface area (Å²) in [7, 11) is 1.80. The van der Waals surface area contributed by atoms with E-state index < -0.39 is 6.03 Å². The summed E-state index contributed by atoms with van der Waals surface area (Å²) in [4.78, 5) is 30.4. The molecule has 4 aromatic heterocycles. The lowest BCUT2D eigenvalue weighted by Gasteiger charge is -2.14. The van der Waals surface area contributed by atoms with Gasteiger partial charge in [-0.2, -0.15) is 5.10 Å². The standard InChI is InChI=1S/C24H20ClN9O/c1-13-5-6-16(12-28-13)29-24(35)32-23-22(26)30-21(18-7-9-34(2)33-18)20(31-23)15-10-14-4-3-8-27-19(14)17(25)11-15/h3-12H,1-2H3,(H2,26,30)(H2,29,31,32,35). The zero-order valence-electron chi connectivity index (χ0n) is 18.8. The Morgan fingerprint density at radius 1 is 1.06 bits per heavy atom. The van der Waals surface area contributed by atoms with Gasteiger partial charge in [-0.15, -0.1) is 0 Å². The fourth-order valence-corrected chi connectivity index (χ4v) is 3.83. The molecule has 0 radical (unpaired) electrons. The van der Waals surface area contributed by atoms with Crippen molar-refractivity contribution in [2.75, 3.05) is 16.4 Å². The molecule has 0 aliphatic carbocycles. The Labute approximate surface area is 205 Å². The average Bonchev–Trinajstić information content (AvgIpc) is 3.27. The fraction of sp³-hybridized carbons (Fsp3) is 0.0833. The predicted octanol–water partition coefficient (Wildman–Crippen LogP) is 4.68. The minimum Gasteiger partial charge on any atom is -0.381 e. The van der Waals surface area contributed by atoms with E-state index in [2.05, 4.69) is 35.7 Å². The molecule has 0 aliphatic rings. The molecule has 11 heteroatoms. The number of aryl methyl sites for hydroxylation is 2. The maximum atomic E-state index is 12.6. The number of rotatable bonds is 4. The monoisotopic (exact) mass is 485 g/mol. The molecule has 174 valence electrons. The van der Waals surface area contributed by atoms with E-state index >= 15 is 0 Å². The smallest absolute Gasteiger partial charge is 0.324 e. The van der Waals surface area contributed by atoms with E-state index in [1.165, 1.54) is 0 Å². The SMILES string of the molecule is Cc1ccc(NC(=O)Nc2nc(-c3cc(Cl)c4ncccc4c3)c(-c3ccn(C)n3)nc2N)cn1. The number of nitrogens with one attached hydrogen (secondary N) is 2. The van der Waals surface area contributed by atoms with E-state index in [4.69, 9.17) is 17.3 Å². The van der Waals surface area contributed by atoms with E-state index in [1.807, 2.05) is 25.1 Å². The number of pyridine rings is 2. The number of nitrogen functional groups attached to an aromatic ring is 1. The van der Waals surface area contributed by atoms with Crippen molar-refractivity contribution in [1.82, 2.24) is 29.7 Å². The molecule has 0 bridgehead atoms. The second kappa shape index (κ2) is 8.99. The average molecular weight is 486 g/mol. The third-order valence-electron chi connectivity index (χ3n) is 5.21. The van der Waals surface area contributed by atoms with Crippen LogP contribution in [0.1, 0.15) is 5.69 Å². The van der Waals surface area contributed by atoms with Crippen LogP contribution in [0.2, 0.25) is 5.02 Å². The Bertz CT molecular complexity index is 1560. The lowest BCUT2D eigenvalue weighted by atomic mass is 10.0. The van der Waals surface area contributed by atoms with Gasteiger partial charge in [0.1, 0.15) is 17.1 Å². The minimum atomic E-state index is -0.533. The number of nitrogens with zero attached hydrogens (tertiary/aromatic N) is 6. The normalized spacial score (nSPS) is 10.9. The van der Waals surface area contributed by atoms with Crippen LogP contribution in [-0.2, 0) is 7.05 Å². The first-order valence-corrected chi connectivity index (χ1v) is 11.0. The topological polar surface area (TPSA) is 137 Å². The Hall–Kier alpha value is -4.57. The number of hydrogen-bond acceptors (Lipinski definition) is 7. The third-order valence-corrected chi connectivity index (χ3v) is 5.50. The number of carbonyl (C=O) groups excluding carboxylic acids is 1. The maximum absolute atomic E-state index is 12.6. The summed E-state index contributed by atoms with van der Waals surface area (Å²) in [5, 5.41) is 11.1. The molecule has 0 saturated carbocycles. The molecule has 4 N–H and O–H groups in total. The number of fused-ring (bicyclic) bond motifs is 1. The summed E-state index contributed by atoms with van der Waals surface area (Å²) in [6.45, 7) is 1.86. The number of nitrogens with two attached hydrogens (primary N) is 1. The summed E-state index contributed by atoms with van der Waals surface area (Å²) < 4.78 is 1.66. The second-order valence-corrected chi connectivity index (χ2v) is 8.24. The Morgan fingerprint density at radius 2 is 1.91 bits per heavy atom. The minimum absolute atomic E-state index is 0.0418. The molecule has 0 unspecified atom stereocenters. The molecular weight excluding hydrogens is 466 g/mol. The highest BCUT2D eigenvalue weighted by molar-refractivity contribution is 6.35. The highest BCUT2D eigenvalue weighted by Crippen LogP contribution is 2.35. The van der Waals surface area contributed by atoms with Crippen molar-refractivity contribution in [2.24, 2.45) is 7.05 Å². The predicted molar refractivity (Wildman–Crippen MR) is 136 cm³/mol. The highest BCUT2D eigenvalue weighted by Gasteiger charge is 2.20. The van der Waals surface area contributed by atoms with E-state index in [9.17, 15) is 4.79 Å². The van der Waals surface area contributed by atoms with Gasteiger partial charge in [-0.25, -0.2) is 14.8 Å². The van der Waals surface area contributed by atoms with Crippen LogP contribution in [0.15, 0.2) is 61.1 Å². The molecule has 4 heterocycles. The first-order valence-electron chi connectivity index (χ1n) is 10.6. The van der Waals surface area contributed by atoms with Gasteiger partial charge in [-0.05, 0) is 43.3 Å². The van der Waals surface area contributed by atoms with Gasteiger partial charge < -0.3 is 11.1 Å². The molecule has 0 spiro atoms. The zero-order chi connectivity index (χ0) is 24.5. The van der Waals surface area contributed by atoms with Crippen LogP contribution in [0.3, 0.4) is 0 Å². The van der Waals surface area contributed by atoms with Gasteiger partial charge in [0.05, 0.1) is 22.4 Å². The lowest BCUT2D eigenvalue weighted by molar-refractivity contribution is 0.262. The summed E-state index contributed by atoms with van der Waals surface area (Å²) in [6.07, 6.45) is 5.04. The third kappa shape index (κ3) is 4.59. The largest absolute Gasteiger partial charge is 0.381 e. The molecule has 0 saturated heterocycles. The summed E-state index contributed by atoms with van der Waals surface area (Å²) in [5.41, 5.74) is 10.4. The Balaban J connectivity index is 1.58. The summed E-state index contributed by atoms with van der Waals surface area (Å²) >= 11 is 6.53. The molecular formula is C24H20ClN9O. The van der Waals surface area contributed by atoms with Crippen molar-refractivity contribution < 1.29 is 4.79 Å². The molecule has 1 aromatic carbocycles. The Kier molecular flexibility index (Phi) is 5.71. The maximum Gasteiger partial charge on any atom is 0.324 e. The van der Waals surface area contributed by atoms with Gasteiger partial charge in [0.25, 0.3) is 0 Å². The van der Waals surface area contributed by atoms with Crippen molar-refractivity contribution >= 4 is 45.9 Å². The van der Waals surface area contributed by atoms with Crippen LogP contribution in [0.25, 0.3) is 33.5 Å². The Morgan fingerprint density at radius 3 is 2.66 bits per heavy atom. The van der Waals surface area contributed by atoms with Gasteiger partial charge in [0.15, 0.2) is 11.6 Å². The number of benzene rings is 1. The summed E-state index contributed by atoms with van der Waals surface area (Å²) in [5.74, 6) is 0.139. The van der Waals surface area contributed by atoms with Gasteiger partial charge in [-0.3, -0.25) is 20.0 Å². The fourth-order valence-electron chi connectivity index (χ4n) is 3.56. The van der Waals surface area contributed by atoms with E-state index in [-0.39, 0.29) is 11.6 Å². The van der Waals surface area contributed by atoms with Crippen LogP contribution < -0.4 is 16.4 Å². The number of hydrogen-bond donors (Lipinski definition) is 3. The lowest BCUT2D eigenvalue weighted by Crippen LogP contribution is -2.21. The zero-order valence-corrected chi connectivity index (χ0v) is 19.6. The number of anilines is 3. The number of urea groups is 1. The molecule has 5 aromatic rings. The molecule has 10 nitrogen and oxygen atoms in total. The van der Waals surface area contributed by atoms with Crippen LogP contribution in [0.5, 0.6) is 0 Å². The molecule has 0 fully saturated rings. The van der Waals surface area contributed by atoms with Gasteiger partial charge in [-0.1, -0.05) is 17.7 Å². The van der Waals surface area contributed by atoms with Crippen molar-refractivity contribution in [2.45, 2.75) is 6.92 Å². The van der Waals surface area contributed by atoms with E-state index in [1.54, 1.807) is 54.6 Å². The van der Waals surface area contributed by atoms with E-state index in [0.717, 1.165) is 11.1 Å². The molecule has 2 amide bonds. The van der Waals surface area contributed by atoms with Crippen LogP contribution in [0.4, 0.5) is 22.1 Å². The summed E-state index contributed by atoms with van der Waals surface area (Å²) in [6, 6.07) is 12.2. The van der Waals surface area contributed by atoms with Crippen LogP contribution in [0, 0.1) is 6.92 Å². The van der Waals surface area contributed by atoms with Gasteiger partial charge in [0, 0.05) is 36.1 Å². The molecule has 0 aliphatic heterocycles. The van der Waals surface area contributed by atoms with Crippen molar-refractivity contribution in [3.63, 3.8) is 0 Å². The van der Waals surface area contributed by atoms with Crippen molar-refractivity contribution in [1.29, 1.82) is 0 Å². The first-order chi connectivity index (χ1) is 16.9. The highest BCUT2D eigenvalue weighted by atomic mass is 35.5. The number of aromatic nitrogens is 6. The van der Waals surface area contributed by atoms with Crippen LogP contribution in [-0.4, -0.2) is 35.7 Å². The number of amides is 2. The first kappa shape index (κ1) is 22.2. The number of halogens is 1. The van der Waals surface area contributed by atoms with Crippen molar-refractivity contribution in [3.05, 3.63) is 71.8 Å². The number of carbonyl (C=O) groups is 1. The quantitative estimate of drug-likeness (QED) is 0.336. The van der Waals surface area contributed by atoms with Crippen LogP contribution >= 0.6 is 11.6 Å². The molecule has 0 atom stereocenters. The van der Waals surface area contributed by atoms with Gasteiger partial charge >= 0.3 is 6.03 Å². The second-order valence-electron chi connectivity index (χ2n) is 7.83.